The van der Waals surface area contributed by atoms with E-state index in [0.29, 0.717) is 6.61 Å². The summed E-state index contributed by atoms with van der Waals surface area (Å²) in [5.41, 5.74) is 2.31. The van der Waals surface area contributed by atoms with E-state index in [2.05, 4.69) is 18.7 Å². The van der Waals surface area contributed by atoms with Gasteiger partial charge in [0.05, 0.1) is 0 Å². The van der Waals surface area contributed by atoms with Crippen LogP contribution >= 0.6 is 0 Å². The van der Waals surface area contributed by atoms with Crippen molar-refractivity contribution in [3.8, 4) is 5.75 Å². The van der Waals surface area contributed by atoms with Crippen molar-refractivity contribution in [2.45, 2.75) is 6.61 Å². The van der Waals surface area contributed by atoms with Gasteiger partial charge in [-0.2, -0.15) is 0 Å². The summed E-state index contributed by atoms with van der Waals surface area (Å²) in [5.74, 6) is 0.884. The first-order chi connectivity index (χ1) is 8.88. The van der Waals surface area contributed by atoms with Gasteiger partial charge in [0.2, 0.25) is 0 Å². The molecule has 0 saturated heterocycles. The van der Waals surface area contributed by atoms with Gasteiger partial charge in [0.25, 0.3) is 0 Å². The van der Waals surface area contributed by atoms with E-state index in [1.54, 1.807) is 6.08 Å². The van der Waals surface area contributed by atoms with Gasteiger partial charge in [-0.25, -0.2) is 0 Å². The van der Waals surface area contributed by atoms with Crippen LogP contribution in [0.15, 0.2) is 73.3 Å². The first-order valence-electron chi connectivity index (χ1n) is 5.94. The van der Waals surface area contributed by atoms with Crippen molar-refractivity contribution in [1.29, 1.82) is 0 Å². The van der Waals surface area contributed by atoms with Gasteiger partial charge >= 0.3 is 0 Å². The molecule has 0 radical (unpaired) electrons. The van der Waals surface area contributed by atoms with Gasteiger partial charge in [-0.3, -0.25) is 0 Å². The second kappa shape index (κ2) is 6.45. The fourth-order valence-electron chi connectivity index (χ4n) is 1.60. The summed E-state index contributed by atoms with van der Waals surface area (Å²) in [5, 5.41) is 0. The number of hydrogen-bond donors (Lipinski definition) is 0. The fraction of sp³-hybridized carbons (Fsp3) is 0.0588. The summed E-state index contributed by atoms with van der Waals surface area (Å²) in [6.45, 7) is 4.24. The maximum Gasteiger partial charge on any atom is 0.119 e. The minimum Gasteiger partial charge on any atom is -0.489 e. The Morgan fingerprint density at radius 3 is 2.33 bits per heavy atom. The molecule has 0 bridgehead atoms. The molecule has 2 aromatic rings. The Balaban J connectivity index is 1.94. The van der Waals surface area contributed by atoms with Crippen LogP contribution in [-0.4, -0.2) is 0 Å². The normalized spacial score (nSPS) is 10.4. The molecular formula is C17H16O. The highest BCUT2D eigenvalue weighted by molar-refractivity contribution is 5.52. The Morgan fingerprint density at radius 2 is 1.67 bits per heavy atom. The number of benzene rings is 2. The summed E-state index contributed by atoms with van der Waals surface area (Å²) < 4.78 is 5.71. The molecular weight excluding hydrogens is 220 g/mol. The van der Waals surface area contributed by atoms with E-state index in [1.807, 2.05) is 54.6 Å². The van der Waals surface area contributed by atoms with E-state index in [4.69, 9.17) is 4.74 Å². The molecule has 0 saturated carbocycles. The maximum absolute atomic E-state index is 5.71. The van der Waals surface area contributed by atoms with E-state index >= 15 is 0 Å². The molecule has 0 aromatic heterocycles. The molecule has 0 N–H and O–H groups in total. The van der Waals surface area contributed by atoms with Crippen molar-refractivity contribution in [3.05, 3.63) is 84.5 Å². The summed E-state index contributed by atoms with van der Waals surface area (Å²) in [4.78, 5) is 0. The lowest BCUT2D eigenvalue weighted by Crippen LogP contribution is -1.94. The number of hydrogen-bond acceptors (Lipinski definition) is 1. The van der Waals surface area contributed by atoms with Crippen LogP contribution in [0, 0.1) is 0 Å². The van der Waals surface area contributed by atoms with Crippen molar-refractivity contribution < 1.29 is 4.74 Å². The molecule has 18 heavy (non-hydrogen) atoms. The SMILES string of the molecule is C=C/C=C/c1ccc(OCc2ccccc2)cc1. The molecule has 0 aliphatic heterocycles. The van der Waals surface area contributed by atoms with Crippen molar-refractivity contribution in [1.82, 2.24) is 0 Å². The fourth-order valence-corrected chi connectivity index (χ4v) is 1.60. The van der Waals surface area contributed by atoms with Crippen LogP contribution in [-0.2, 0) is 6.61 Å². The van der Waals surface area contributed by atoms with E-state index in [0.717, 1.165) is 11.3 Å². The maximum atomic E-state index is 5.71. The van der Waals surface area contributed by atoms with E-state index in [-0.39, 0.29) is 0 Å². The van der Waals surface area contributed by atoms with Crippen LogP contribution < -0.4 is 4.74 Å². The standard InChI is InChI=1S/C17H16O/c1-2-3-7-15-10-12-17(13-11-15)18-14-16-8-5-4-6-9-16/h2-13H,1,14H2/b7-3+. The largest absolute Gasteiger partial charge is 0.489 e. The van der Waals surface area contributed by atoms with Gasteiger partial charge in [-0.05, 0) is 23.3 Å². The predicted octanol–water partition coefficient (Wildman–Crippen LogP) is 4.46. The summed E-state index contributed by atoms with van der Waals surface area (Å²) >= 11 is 0. The molecule has 0 unspecified atom stereocenters. The Labute approximate surface area is 108 Å². The number of allylic oxidation sites excluding steroid dienone is 2. The average molecular weight is 236 g/mol. The molecule has 2 aromatic carbocycles. The topological polar surface area (TPSA) is 9.23 Å². The molecule has 0 heterocycles. The van der Waals surface area contributed by atoms with Crippen molar-refractivity contribution in [2.75, 3.05) is 0 Å². The molecule has 0 aliphatic rings. The lowest BCUT2D eigenvalue weighted by Gasteiger charge is -2.06. The highest BCUT2D eigenvalue weighted by Gasteiger charge is 1.95. The van der Waals surface area contributed by atoms with Crippen molar-refractivity contribution >= 4 is 6.08 Å². The van der Waals surface area contributed by atoms with Crippen molar-refractivity contribution in [2.24, 2.45) is 0 Å². The first kappa shape index (κ1) is 12.2. The quantitative estimate of drug-likeness (QED) is 0.696. The third-order valence-corrected chi connectivity index (χ3v) is 2.55. The highest BCUT2D eigenvalue weighted by Crippen LogP contribution is 2.15. The van der Waals surface area contributed by atoms with Gasteiger partial charge in [0.15, 0.2) is 0 Å². The molecule has 2 rings (SSSR count). The third-order valence-electron chi connectivity index (χ3n) is 2.55. The predicted molar refractivity (Wildman–Crippen MR) is 76.4 cm³/mol. The summed E-state index contributed by atoms with van der Waals surface area (Å²) in [7, 11) is 0. The molecule has 0 amide bonds. The molecule has 90 valence electrons. The lowest BCUT2D eigenvalue weighted by molar-refractivity contribution is 0.306. The monoisotopic (exact) mass is 236 g/mol. The van der Waals surface area contributed by atoms with E-state index in [1.165, 1.54) is 5.56 Å². The van der Waals surface area contributed by atoms with Gasteiger partial charge in [-0.1, -0.05) is 67.3 Å². The third kappa shape index (κ3) is 3.63. The van der Waals surface area contributed by atoms with Crippen LogP contribution in [0.2, 0.25) is 0 Å². The summed E-state index contributed by atoms with van der Waals surface area (Å²) in [6, 6.07) is 18.2. The second-order valence-electron chi connectivity index (χ2n) is 3.94. The van der Waals surface area contributed by atoms with Gasteiger partial charge in [0, 0.05) is 0 Å². The molecule has 0 aliphatic carbocycles. The Bertz CT molecular complexity index is 509. The Kier molecular flexibility index (Phi) is 4.37. The zero-order valence-corrected chi connectivity index (χ0v) is 10.3. The Morgan fingerprint density at radius 1 is 0.944 bits per heavy atom. The average Bonchev–Trinajstić information content (AvgIpc) is 2.45. The zero-order chi connectivity index (χ0) is 12.6. The van der Waals surface area contributed by atoms with E-state index in [9.17, 15) is 0 Å². The van der Waals surface area contributed by atoms with Crippen LogP contribution in [0.5, 0.6) is 5.75 Å². The Hall–Kier alpha value is -2.28. The lowest BCUT2D eigenvalue weighted by atomic mass is 10.2. The molecule has 0 atom stereocenters. The highest BCUT2D eigenvalue weighted by atomic mass is 16.5. The number of rotatable bonds is 5. The second-order valence-corrected chi connectivity index (χ2v) is 3.94. The minimum atomic E-state index is 0.600. The molecule has 0 fully saturated rings. The minimum absolute atomic E-state index is 0.600. The molecule has 1 heteroatoms. The van der Waals surface area contributed by atoms with Gasteiger partial charge in [0.1, 0.15) is 12.4 Å². The van der Waals surface area contributed by atoms with Gasteiger partial charge < -0.3 is 4.74 Å². The molecule has 1 nitrogen and oxygen atoms in total. The number of ether oxygens (including phenoxy) is 1. The van der Waals surface area contributed by atoms with Crippen LogP contribution in [0.3, 0.4) is 0 Å². The van der Waals surface area contributed by atoms with Crippen LogP contribution in [0.1, 0.15) is 11.1 Å². The van der Waals surface area contributed by atoms with Crippen LogP contribution in [0.25, 0.3) is 6.08 Å². The van der Waals surface area contributed by atoms with Crippen LogP contribution in [0.4, 0.5) is 0 Å². The molecule has 0 spiro atoms. The van der Waals surface area contributed by atoms with Gasteiger partial charge in [-0.15, -0.1) is 0 Å². The van der Waals surface area contributed by atoms with Crippen molar-refractivity contribution in [3.63, 3.8) is 0 Å². The van der Waals surface area contributed by atoms with E-state index < -0.39 is 0 Å². The summed E-state index contributed by atoms with van der Waals surface area (Å²) in [6.07, 6.45) is 5.69. The first-order valence-corrected chi connectivity index (χ1v) is 5.94. The smallest absolute Gasteiger partial charge is 0.119 e. The zero-order valence-electron chi connectivity index (χ0n) is 10.3.